The van der Waals surface area contributed by atoms with Gasteiger partial charge in [0.25, 0.3) is 8.32 Å². The molecule has 210 valence electrons. The molecule has 4 rings (SSSR count). The van der Waals surface area contributed by atoms with Crippen molar-refractivity contribution >= 4 is 34.6 Å². The van der Waals surface area contributed by atoms with E-state index in [0.717, 1.165) is 31.0 Å². The molecule has 0 spiro atoms. The Morgan fingerprint density at radius 3 is 2.08 bits per heavy atom. The zero-order valence-corrected chi connectivity index (χ0v) is 26.4. The maximum atomic E-state index is 7.62. The van der Waals surface area contributed by atoms with E-state index in [2.05, 4.69) is 104 Å². The first-order valence-electron chi connectivity index (χ1n) is 14.1. The summed E-state index contributed by atoms with van der Waals surface area (Å²) in [5, 5.41) is 3.29. The fraction of sp³-hybridized carbons (Fsp3) is 0.613. The fourth-order valence-electron chi connectivity index (χ4n) is 5.84. The van der Waals surface area contributed by atoms with Gasteiger partial charge in [0.15, 0.2) is 12.1 Å². The molecule has 7 heteroatoms. The van der Waals surface area contributed by atoms with Gasteiger partial charge in [-0.1, -0.05) is 111 Å². The molecule has 2 fully saturated rings. The molecule has 2 aliphatic rings. The largest absolute Gasteiger partial charge is 0.402 e. The van der Waals surface area contributed by atoms with Crippen LogP contribution in [0.4, 0.5) is 0 Å². The minimum Gasteiger partial charge on any atom is -0.402 e. The topological polar surface area (TPSA) is 46.2 Å². The van der Waals surface area contributed by atoms with Crippen LogP contribution in [0.5, 0.6) is 0 Å². The molecule has 0 radical (unpaired) electrons. The van der Waals surface area contributed by atoms with Crippen molar-refractivity contribution in [1.29, 1.82) is 0 Å². The van der Waals surface area contributed by atoms with Gasteiger partial charge in [-0.2, -0.15) is 0 Å². The van der Waals surface area contributed by atoms with Crippen LogP contribution >= 0.6 is 15.9 Å². The molecule has 2 aliphatic heterocycles. The summed E-state index contributed by atoms with van der Waals surface area (Å²) >= 11 is 3.66. The molecule has 0 unspecified atom stereocenters. The van der Waals surface area contributed by atoms with Crippen LogP contribution < -0.4 is 10.4 Å². The zero-order chi connectivity index (χ0) is 27.4. The minimum atomic E-state index is -2.79. The third-order valence-electron chi connectivity index (χ3n) is 7.57. The molecule has 2 aromatic rings. The normalized spacial score (nSPS) is 25.9. The lowest BCUT2D eigenvalue weighted by Crippen LogP contribution is -2.69. The van der Waals surface area contributed by atoms with E-state index in [1.807, 2.05) is 13.8 Å². The molecule has 0 N–H and O–H groups in total. The molecular weight excluding hydrogens is 560 g/mol. The smallest absolute Gasteiger partial charge is 0.261 e. The standard InChI is InChI=1S/C31H45BrO5Si/c1-7-8-22-33-27-26(34-29-28(27)35-31(5,6)36-29)25(20-15-21-32)37-38(30(2,3)4,23-16-11-9-12-17-23)24-18-13-10-14-19-24/h9-14,16-19,25-29H,7-8,15,20-22H2,1-6H3/t25-,26-,27-,28-,29-/m1/s1. The van der Waals surface area contributed by atoms with E-state index in [1.165, 1.54) is 10.4 Å². The highest BCUT2D eigenvalue weighted by Gasteiger charge is 2.59. The first-order chi connectivity index (χ1) is 18.1. The summed E-state index contributed by atoms with van der Waals surface area (Å²) in [6.45, 7) is 13.7. The highest BCUT2D eigenvalue weighted by Crippen LogP contribution is 2.43. The summed E-state index contributed by atoms with van der Waals surface area (Å²) in [6, 6.07) is 21.6. The number of fused-ring (bicyclic) bond motifs is 1. The summed E-state index contributed by atoms with van der Waals surface area (Å²) in [4.78, 5) is 0. The predicted octanol–water partition coefficient (Wildman–Crippen LogP) is 6.17. The van der Waals surface area contributed by atoms with Gasteiger partial charge in [-0.3, -0.25) is 0 Å². The van der Waals surface area contributed by atoms with Crippen molar-refractivity contribution in [3.05, 3.63) is 60.7 Å². The Morgan fingerprint density at radius 1 is 0.947 bits per heavy atom. The second-order valence-electron chi connectivity index (χ2n) is 11.9. The Hall–Kier alpha value is -1.06. The van der Waals surface area contributed by atoms with Crippen molar-refractivity contribution in [1.82, 2.24) is 0 Å². The molecule has 38 heavy (non-hydrogen) atoms. The monoisotopic (exact) mass is 604 g/mol. The van der Waals surface area contributed by atoms with Crippen molar-refractivity contribution in [2.75, 3.05) is 11.9 Å². The lowest BCUT2D eigenvalue weighted by atomic mass is 10.0. The summed E-state index contributed by atoms with van der Waals surface area (Å²) < 4.78 is 33.3. The number of benzene rings is 2. The van der Waals surface area contributed by atoms with Gasteiger partial charge < -0.3 is 23.4 Å². The van der Waals surface area contributed by atoms with Gasteiger partial charge in [-0.15, -0.1) is 0 Å². The van der Waals surface area contributed by atoms with Crippen LogP contribution in [0.1, 0.15) is 67.2 Å². The van der Waals surface area contributed by atoms with Gasteiger partial charge in [-0.25, -0.2) is 0 Å². The number of halogens is 1. The van der Waals surface area contributed by atoms with E-state index in [4.69, 9.17) is 23.4 Å². The highest BCUT2D eigenvalue weighted by atomic mass is 79.9. The quantitative estimate of drug-likeness (QED) is 0.165. The van der Waals surface area contributed by atoms with Gasteiger partial charge in [0, 0.05) is 11.9 Å². The number of ether oxygens (including phenoxy) is 4. The van der Waals surface area contributed by atoms with Crippen LogP contribution in [0.15, 0.2) is 60.7 Å². The summed E-state index contributed by atoms with van der Waals surface area (Å²) in [5.41, 5.74) is 0. The number of rotatable bonds is 12. The van der Waals surface area contributed by atoms with Crippen molar-refractivity contribution in [2.24, 2.45) is 0 Å². The van der Waals surface area contributed by atoms with E-state index < -0.39 is 20.4 Å². The molecule has 0 bridgehead atoms. The SMILES string of the molecule is CCCCO[C@H]1[C@H]2OC(C)(C)O[C@H]2O[C@@H]1[C@@H](CCCBr)O[Si](c1ccccc1)(c1ccccc1)C(C)(C)C. The lowest BCUT2D eigenvalue weighted by molar-refractivity contribution is -0.228. The van der Waals surface area contributed by atoms with E-state index in [9.17, 15) is 0 Å². The summed E-state index contributed by atoms with van der Waals surface area (Å²) in [6.07, 6.45) is 2.39. The van der Waals surface area contributed by atoms with Gasteiger partial charge in [0.2, 0.25) is 0 Å². The maximum Gasteiger partial charge on any atom is 0.261 e. The van der Waals surface area contributed by atoms with Crippen molar-refractivity contribution < 1.29 is 23.4 Å². The Labute approximate surface area is 238 Å². The predicted molar refractivity (Wildman–Crippen MR) is 159 cm³/mol. The average molecular weight is 606 g/mol. The van der Waals surface area contributed by atoms with E-state index in [-0.39, 0.29) is 29.5 Å². The second kappa shape index (κ2) is 12.6. The van der Waals surface area contributed by atoms with E-state index in [1.54, 1.807) is 0 Å². The number of unbranched alkanes of at least 4 members (excludes halogenated alkanes) is 1. The number of hydrogen-bond donors (Lipinski definition) is 0. The molecular formula is C31H45BrO5Si. The fourth-order valence-corrected chi connectivity index (χ4v) is 10.9. The molecule has 5 atom stereocenters. The lowest BCUT2D eigenvalue weighted by Gasteiger charge is -2.46. The second-order valence-corrected chi connectivity index (χ2v) is 17.0. The molecule has 2 heterocycles. The van der Waals surface area contributed by atoms with E-state index >= 15 is 0 Å². The van der Waals surface area contributed by atoms with Crippen LogP contribution in [0.25, 0.3) is 0 Å². The number of hydrogen-bond acceptors (Lipinski definition) is 5. The first-order valence-corrected chi connectivity index (χ1v) is 17.1. The minimum absolute atomic E-state index is 0.135. The van der Waals surface area contributed by atoms with Gasteiger partial charge in [0.05, 0.1) is 6.10 Å². The Bertz CT molecular complexity index is 957. The molecule has 0 aliphatic carbocycles. The van der Waals surface area contributed by atoms with Crippen LogP contribution in [-0.4, -0.2) is 56.7 Å². The third-order valence-corrected chi connectivity index (χ3v) is 13.2. The van der Waals surface area contributed by atoms with Crippen molar-refractivity contribution in [3.8, 4) is 0 Å². The van der Waals surface area contributed by atoms with Gasteiger partial charge in [-0.05, 0) is 48.5 Å². The molecule has 5 nitrogen and oxygen atoms in total. The highest BCUT2D eigenvalue weighted by molar-refractivity contribution is 9.09. The summed E-state index contributed by atoms with van der Waals surface area (Å²) in [5.74, 6) is -0.698. The van der Waals surface area contributed by atoms with Gasteiger partial charge >= 0.3 is 0 Å². The van der Waals surface area contributed by atoms with Crippen LogP contribution in [0.3, 0.4) is 0 Å². The number of alkyl halides is 1. The van der Waals surface area contributed by atoms with Crippen molar-refractivity contribution in [2.45, 2.75) is 109 Å². The van der Waals surface area contributed by atoms with Crippen LogP contribution in [-0.2, 0) is 23.4 Å². The maximum absolute atomic E-state index is 7.62. The Kier molecular flexibility index (Phi) is 9.94. The zero-order valence-electron chi connectivity index (χ0n) is 23.8. The first kappa shape index (κ1) is 29.9. The molecule has 0 aromatic heterocycles. The average Bonchev–Trinajstić information content (AvgIpc) is 3.36. The van der Waals surface area contributed by atoms with Crippen LogP contribution in [0, 0.1) is 0 Å². The molecule has 2 aromatic carbocycles. The molecule has 0 amide bonds. The molecule has 0 saturated carbocycles. The van der Waals surface area contributed by atoms with E-state index in [0.29, 0.717) is 6.61 Å². The molecule has 2 saturated heterocycles. The third kappa shape index (κ3) is 6.30. The van der Waals surface area contributed by atoms with Crippen LogP contribution in [0.2, 0.25) is 5.04 Å². The Balaban J connectivity index is 1.77. The Morgan fingerprint density at radius 2 is 1.55 bits per heavy atom. The summed E-state index contributed by atoms with van der Waals surface area (Å²) in [7, 11) is -2.79. The van der Waals surface area contributed by atoms with Crippen molar-refractivity contribution in [3.63, 3.8) is 0 Å². The van der Waals surface area contributed by atoms with Gasteiger partial charge in [0.1, 0.15) is 18.3 Å².